The number of anilines is 2. The summed E-state index contributed by atoms with van der Waals surface area (Å²) in [5.41, 5.74) is 1.05. The quantitative estimate of drug-likeness (QED) is 0.676. The highest BCUT2D eigenvalue weighted by molar-refractivity contribution is 8.00. The molecule has 0 saturated carbocycles. The van der Waals surface area contributed by atoms with Crippen molar-refractivity contribution < 1.29 is 23.5 Å². The Morgan fingerprint density at radius 3 is 2.41 bits per heavy atom. The number of hydrogen-bond donors (Lipinski definition) is 2. The van der Waals surface area contributed by atoms with Gasteiger partial charge in [0.15, 0.2) is 0 Å². The Balaban J connectivity index is 1.96. The van der Waals surface area contributed by atoms with Crippen LogP contribution < -0.4 is 10.6 Å². The second kappa shape index (κ2) is 10.3. The molecule has 0 aliphatic carbocycles. The van der Waals surface area contributed by atoms with Crippen molar-refractivity contribution >= 4 is 40.9 Å². The molecule has 0 radical (unpaired) electrons. The highest BCUT2D eigenvalue weighted by Gasteiger charge is 2.14. The molecule has 0 aromatic heterocycles. The zero-order valence-electron chi connectivity index (χ0n) is 14.7. The molecule has 27 heavy (non-hydrogen) atoms. The van der Waals surface area contributed by atoms with Gasteiger partial charge in [0.2, 0.25) is 5.91 Å². The number of rotatable bonds is 8. The first kappa shape index (κ1) is 20.4. The molecule has 8 heteroatoms. The first-order valence-electron chi connectivity index (χ1n) is 8.18. The van der Waals surface area contributed by atoms with E-state index in [1.54, 1.807) is 31.2 Å². The summed E-state index contributed by atoms with van der Waals surface area (Å²) in [7, 11) is 0. The Morgan fingerprint density at radius 2 is 1.70 bits per heavy atom. The fourth-order valence-corrected chi connectivity index (χ4v) is 2.75. The number of halogens is 1. The zero-order valence-corrected chi connectivity index (χ0v) is 15.5. The van der Waals surface area contributed by atoms with Gasteiger partial charge in [-0.15, -0.1) is 11.8 Å². The molecular formula is C19H19FN2O4S. The minimum absolute atomic E-state index is 0.0483. The van der Waals surface area contributed by atoms with Gasteiger partial charge in [-0.2, -0.15) is 0 Å². The first-order valence-corrected chi connectivity index (χ1v) is 9.34. The average Bonchev–Trinajstić information content (AvgIpc) is 2.64. The van der Waals surface area contributed by atoms with Crippen molar-refractivity contribution in [2.75, 3.05) is 28.7 Å². The molecule has 2 amide bonds. The molecule has 2 N–H and O–H groups in total. The number of hydrogen-bond acceptors (Lipinski definition) is 5. The van der Waals surface area contributed by atoms with Crippen molar-refractivity contribution in [3.63, 3.8) is 0 Å². The van der Waals surface area contributed by atoms with Crippen LogP contribution in [0, 0.1) is 5.82 Å². The number of para-hydroxylation sites is 1. The Hall–Kier alpha value is -2.87. The van der Waals surface area contributed by atoms with Crippen molar-refractivity contribution in [3.05, 3.63) is 59.9 Å². The maximum absolute atomic E-state index is 13.0. The van der Waals surface area contributed by atoms with E-state index in [1.807, 2.05) is 0 Å². The summed E-state index contributed by atoms with van der Waals surface area (Å²) in [5, 5.41) is 5.31. The van der Waals surface area contributed by atoms with E-state index in [9.17, 15) is 18.8 Å². The topological polar surface area (TPSA) is 84.5 Å². The number of amides is 2. The SMILES string of the molecule is CCOC(=O)CSCC(=O)Nc1ccccc1C(=O)Nc1ccc(F)cc1. The molecule has 2 rings (SSSR count). The molecule has 6 nitrogen and oxygen atoms in total. The van der Waals surface area contributed by atoms with Crippen molar-refractivity contribution in [3.8, 4) is 0 Å². The standard InChI is InChI=1S/C19H19FN2O4S/c1-2-26-18(24)12-27-11-17(23)22-16-6-4-3-5-15(16)19(25)21-14-9-7-13(20)8-10-14/h3-10H,2,11-12H2,1H3,(H,21,25)(H,22,23). The highest BCUT2D eigenvalue weighted by atomic mass is 32.2. The third-order valence-electron chi connectivity index (χ3n) is 3.31. The monoisotopic (exact) mass is 390 g/mol. The zero-order chi connectivity index (χ0) is 19.6. The smallest absolute Gasteiger partial charge is 0.315 e. The highest BCUT2D eigenvalue weighted by Crippen LogP contribution is 2.18. The van der Waals surface area contributed by atoms with Gasteiger partial charge in [-0.05, 0) is 43.3 Å². The lowest BCUT2D eigenvalue weighted by molar-refractivity contribution is -0.139. The Kier molecular flexibility index (Phi) is 7.81. The van der Waals surface area contributed by atoms with Crippen LogP contribution in [-0.4, -0.2) is 35.9 Å². The van der Waals surface area contributed by atoms with E-state index in [1.165, 1.54) is 24.3 Å². The third-order valence-corrected chi connectivity index (χ3v) is 4.21. The minimum atomic E-state index is -0.434. The van der Waals surface area contributed by atoms with Gasteiger partial charge < -0.3 is 15.4 Å². The number of thioether (sulfide) groups is 1. The lowest BCUT2D eigenvalue weighted by Crippen LogP contribution is -2.20. The van der Waals surface area contributed by atoms with E-state index >= 15 is 0 Å². The van der Waals surface area contributed by atoms with Crippen LogP contribution in [0.3, 0.4) is 0 Å². The summed E-state index contributed by atoms with van der Waals surface area (Å²) in [6.45, 7) is 2.01. The molecule has 0 bridgehead atoms. The largest absolute Gasteiger partial charge is 0.465 e. The van der Waals surface area contributed by atoms with Crippen molar-refractivity contribution in [1.29, 1.82) is 0 Å². The Bertz CT molecular complexity index is 812. The van der Waals surface area contributed by atoms with Crippen LogP contribution in [0.1, 0.15) is 17.3 Å². The summed E-state index contributed by atoms with van der Waals surface area (Å²) in [5.74, 6) is -1.43. The summed E-state index contributed by atoms with van der Waals surface area (Å²) < 4.78 is 17.7. The van der Waals surface area contributed by atoms with Crippen LogP contribution >= 0.6 is 11.8 Å². The van der Waals surface area contributed by atoms with Gasteiger partial charge in [0.05, 0.1) is 29.4 Å². The molecule has 0 fully saturated rings. The van der Waals surface area contributed by atoms with Crippen LogP contribution in [0.5, 0.6) is 0 Å². The van der Waals surface area contributed by atoms with Crippen LogP contribution in [-0.2, 0) is 14.3 Å². The van der Waals surface area contributed by atoms with Crippen molar-refractivity contribution in [1.82, 2.24) is 0 Å². The lowest BCUT2D eigenvalue weighted by Gasteiger charge is -2.11. The summed E-state index contributed by atoms with van der Waals surface area (Å²) >= 11 is 1.12. The molecule has 142 valence electrons. The van der Waals surface area contributed by atoms with Gasteiger partial charge in [-0.1, -0.05) is 12.1 Å². The van der Waals surface area contributed by atoms with Gasteiger partial charge >= 0.3 is 5.97 Å². The molecule has 0 spiro atoms. The number of ether oxygens (including phenoxy) is 1. The van der Waals surface area contributed by atoms with E-state index in [-0.39, 0.29) is 28.9 Å². The van der Waals surface area contributed by atoms with Crippen LogP contribution in [0.25, 0.3) is 0 Å². The molecular weight excluding hydrogens is 371 g/mol. The Morgan fingerprint density at radius 1 is 1.00 bits per heavy atom. The van der Waals surface area contributed by atoms with Crippen LogP contribution in [0.4, 0.5) is 15.8 Å². The molecule has 0 aliphatic heterocycles. The van der Waals surface area contributed by atoms with Gasteiger partial charge in [0.1, 0.15) is 5.82 Å². The summed E-state index contributed by atoms with van der Waals surface area (Å²) in [4.78, 5) is 35.8. The molecule has 0 heterocycles. The van der Waals surface area contributed by atoms with E-state index in [0.29, 0.717) is 18.0 Å². The first-order chi connectivity index (χ1) is 13.0. The number of carbonyl (C=O) groups excluding carboxylic acids is 3. The Labute approximate surface area is 160 Å². The summed E-state index contributed by atoms with van der Waals surface area (Å²) in [6, 6.07) is 11.9. The number of nitrogens with one attached hydrogen (secondary N) is 2. The van der Waals surface area contributed by atoms with Gasteiger partial charge in [0, 0.05) is 5.69 Å². The molecule has 0 aliphatic rings. The van der Waals surface area contributed by atoms with E-state index in [2.05, 4.69) is 10.6 Å². The number of benzene rings is 2. The lowest BCUT2D eigenvalue weighted by atomic mass is 10.1. The average molecular weight is 390 g/mol. The third kappa shape index (κ3) is 6.74. The number of carbonyl (C=O) groups is 3. The molecule has 0 atom stereocenters. The maximum Gasteiger partial charge on any atom is 0.315 e. The minimum Gasteiger partial charge on any atom is -0.465 e. The fourth-order valence-electron chi connectivity index (χ4n) is 2.14. The second-order valence-corrected chi connectivity index (χ2v) is 6.34. The molecule has 0 unspecified atom stereocenters. The van der Waals surface area contributed by atoms with Crippen LogP contribution in [0.15, 0.2) is 48.5 Å². The van der Waals surface area contributed by atoms with Gasteiger partial charge in [0.25, 0.3) is 5.91 Å². The van der Waals surface area contributed by atoms with Crippen LogP contribution in [0.2, 0.25) is 0 Å². The van der Waals surface area contributed by atoms with E-state index in [0.717, 1.165) is 11.8 Å². The van der Waals surface area contributed by atoms with E-state index in [4.69, 9.17) is 4.74 Å². The van der Waals surface area contributed by atoms with Gasteiger partial charge in [-0.25, -0.2) is 4.39 Å². The molecule has 0 saturated heterocycles. The second-order valence-electron chi connectivity index (χ2n) is 5.35. The molecule has 2 aromatic carbocycles. The number of esters is 1. The predicted octanol–water partition coefficient (Wildman–Crippen LogP) is 3.31. The fraction of sp³-hybridized carbons (Fsp3) is 0.211. The van der Waals surface area contributed by atoms with Crippen molar-refractivity contribution in [2.45, 2.75) is 6.92 Å². The van der Waals surface area contributed by atoms with E-state index < -0.39 is 11.7 Å². The molecule has 2 aromatic rings. The predicted molar refractivity (Wildman–Crippen MR) is 103 cm³/mol. The van der Waals surface area contributed by atoms with Gasteiger partial charge in [-0.3, -0.25) is 14.4 Å². The van der Waals surface area contributed by atoms with Crippen molar-refractivity contribution in [2.24, 2.45) is 0 Å². The maximum atomic E-state index is 13.0. The normalized spacial score (nSPS) is 10.1. The summed E-state index contributed by atoms with van der Waals surface area (Å²) in [6.07, 6.45) is 0.